The summed E-state index contributed by atoms with van der Waals surface area (Å²) in [6.45, 7) is 4.26. The van der Waals surface area contributed by atoms with Crippen molar-refractivity contribution >= 4 is 5.96 Å². The molecular weight excluding hydrogens is 349 g/mol. The number of guanidine groups is 1. The molecule has 8 nitrogen and oxygen atoms in total. The van der Waals surface area contributed by atoms with Crippen molar-refractivity contribution in [1.82, 2.24) is 30.3 Å². The lowest BCUT2D eigenvalue weighted by molar-refractivity contribution is 0.0170. The first-order chi connectivity index (χ1) is 13.2. The van der Waals surface area contributed by atoms with Crippen molar-refractivity contribution in [3.63, 3.8) is 0 Å². The SMILES string of the molecule is CN=C(NCc1nncn1C)NCC(c1ccc(F)cc1)N1CCOCC1. The van der Waals surface area contributed by atoms with Crippen LogP contribution >= 0.6 is 0 Å². The lowest BCUT2D eigenvalue weighted by Crippen LogP contribution is -2.46. The van der Waals surface area contributed by atoms with Crippen LogP contribution in [-0.4, -0.2) is 65.5 Å². The van der Waals surface area contributed by atoms with Crippen LogP contribution in [0.15, 0.2) is 35.6 Å². The molecule has 0 bridgehead atoms. The third-order valence-corrected chi connectivity index (χ3v) is 4.65. The van der Waals surface area contributed by atoms with Crippen LogP contribution in [0.1, 0.15) is 17.4 Å². The molecule has 2 aromatic rings. The van der Waals surface area contributed by atoms with Gasteiger partial charge in [0.25, 0.3) is 0 Å². The van der Waals surface area contributed by atoms with Gasteiger partial charge in [0.15, 0.2) is 11.8 Å². The molecule has 0 aliphatic carbocycles. The molecule has 1 fully saturated rings. The fraction of sp³-hybridized carbons (Fsp3) is 0.500. The van der Waals surface area contributed by atoms with Gasteiger partial charge >= 0.3 is 0 Å². The van der Waals surface area contributed by atoms with E-state index in [1.807, 2.05) is 23.7 Å². The monoisotopic (exact) mass is 375 g/mol. The normalized spacial score (nSPS) is 16.9. The molecule has 2 N–H and O–H groups in total. The molecule has 146 valence electrons. The summed E-state index contributed by atoms with van der Waals surface area (Å²) in [5.41, 5.74) is 1.06. The van der Waals surface area contributed by atoms with Crippen LogP contribution in [0.2, 0.25) is 0 Å². The van der Waals surface area contributed by atoms with E-state index in [0.717, 1.165) is 24.5 Å². The molecule has 1 aliphatic heterocycles. The zero-order chi connectivity index (χ0) is 19.1. The molecule has 1 atom stereocenters. The van der Waals surface area contributed by atoms with E-state index < -0.39 is 0 Å². The second kappa shape index (κ2) is 9.43. The Morgan fingerprint density at radius 1 is 1.26 bits per heavy atom. The van der Waals surface area contributed by atoms with E-state index in [0.29, 0.717) is 32.3 Å². The smallest absolute Gasteiger partial charge is 0.191 e. The first-order valence-corrected chi connectivity index (χ1v) is 9.02. The minimum absolute atomic E-state index is 0.0999. The number of rotatable bonds is 6. The Labute approximate surface area is 158 Å². The molecule has 0 radical (unpaired) electrons. The van der Waals surface area contributed by atoms with Gasteiger partial charge in [-0.25, -0.2) is 4.39 Å². The topological polar surface area (TPSA) is 79.6 Å². The number of aryl methyl sites for hydroxylation is 1. The number of benzene rings is 1. The second-order valence-electron chi connectivity index (χ2n) is 6.38. The maximum atomic E-state index is 13.3. The highest BCUT2D eigenvalue weighted by Gasteiger charge is 2.23. The zero-order valence-electron chi connectivity index (χ0n) is 15.7. The lowest BCUT2D eigenvalue weighted by Gasteiger charge is -2.35. The average Bonchev–Trinajstić information content (AvgIpc) is 3.11. The molecule has 1 unspecified atom stereocenters. The van der Waals surface area contributed by atoms with Crippen molar-refractivity contribution in [3.8, 4) is 0 Å². The summed E-state index contributed by atoms with van der Waals surface area (Å²) in [6, 6.07) is 6.79. The predicted molar refractivity (Wildman–Crippen MR) is 101 cm³/mol. The van der Waals surface area contributed by atoms with E-state index in [1.54, 1.807) is 13.4 Å². The number of aliphatic imine (C=N–C) groups is 1. The number of nitrogens with zero attached hydrogens (tertiary/aromatic N) is 5. The van der Waals surface area contributed by atoms with Gasteiger partial charge in [-0.15, -0.1) is 10.2 Å². The molecule has 0 spiro atoms. The van der Waals surface area contributed by atoms with Crippen molar-refractivity contribution in [3.05, 3.63) is 47.8 Å². The molecular formula is C18H26FN7O. The number of hydrogen-bond acceptors (Lipinski definition) is 5. The van der Waals surface area contributed by atoms with E-state index in [9.17, 15) is 4.39 Å². The largest absolute Gasteiger partial charge is 0.379 e. The van der Waals surface area contributed by atoms with Crippen molar-refractivity contribution in [2.75, 3.05) is 39.9 Å². The lowest BCUT2D eigenvalue weighted by atomic mass is 10.0. The van der Waals surface area contributed by atoms with E-state index in [1.165, 1.54) is 12.1 Å². The van der Waals surface area contributed by atoms with E-state index in [-0.39, 0.29) is 11.9 Å². The minimum Gasteiger partial charge on any atom is -0.379 e. The summed E-state index contributed by atoms with van der Waals surface area (Å²) in [5.74, 6) is 1.27. The van der Waals surface area contributed by atoms with Gasteiger partial charge in [0, 0.05) is 33.7 Å². The third-order valence-electron chi connectivity index (χ3n) is 4.65. The van der Waals surface area contributed by atoms with E-state index in [4.69, 9.17) is 4.74 Å². The van der Waals surface area contributed by atoms with Crippen molar-refractivity contribution in [1.29, 1.82) is 0 Å². The van der Waals surface area contributed by atoms with Crippen LogP contribution in [0.3, 0.4) is 0 Å². The van der Waals surface area contributed by atoms with Gasteiger partial charge in [0.1, 0.15) is 12.1 Å². The quantitative estimate of drug-likeness (QED) is 0.571. The summed E-state index contributed by atoms with van der Waals surface area (Å²) < 4.78 is 20.7. The van der Waals surface area contributed by atoms with Gasteiger partial charge in [0.05, 0.1) is 25.8 Å². The molecule has 1 aromatic heterocycles. The van der Waals surface area contributed by atoms with Crippen LogP contribution < -0.4 is 10.6 Å². The van der Waals surface area contributed by atoms with Crippen LogP contribution in [0.5, 0.6) is 0 Å². The highest BCUT2D eigenvalue weighted by Crippen LogP contribution is 2.21. The fourth-order valence-electron chi connectivity index (χ4n) is 3.08. The average molecular weight is 375 g/mol. The molecule has 9 heteroatoms. The number of nitrogens with one attached hydrogen (secondary N) is 2. The predicted octanol–water partition coefficient (Wildman–Crippen LogP) is 0.693. The maximum Gasteiger partial charge on any atom is 0.191 e. The highest BCUT2D eigenvalue weighted by atomic mass is 19.1. The van der Waals surface area contributed by atoms with Gasteiger partial charge in [-0.3, -0.25) is 9.89 Å². The van der Waals surface area contributed by atoms with Crippen LogP contribution in [-0.2, 0) is 18.3 Å². The molecule has 1 saturated heterocycles. The summed E-state index contributed by atoms with van der Waals surface area (Å²) in [6.07, 6.45) is 1.66. The van der Waals surface area contributed by atoms with Gasteiger partial charge in [-0.1, -0.05) is 12.1 Å². The Hall–Kier alpha value is -2.52. The van der Waals surface area contributed by atoms with Crippen LogP contribution in [0.4, 0.5) is 4.39 Å². The maximum absolute atomic E-state index is 13.3. The van der Waals surface area contributed by atoms with Gasteiger partial charge < -0.3 is 19.9 Å². The Kier molecular flexibility index (Phi) is 6.72. The highest BCUT2D eigenvalue weighted by molar-refractivity contribution is 5.79. The van der Waals surface area contributed by atoms with Gasteiger partial charge in [-0.05, 0) is 17.7 Å². The van der Waals surface area contributed by atoms with Crippen LogP contribution in [0, 0.1) is 5.82 Å². The van der Waals surface area contributed by atoms with E-state index >= 15 is 0 Å². The minimum atomic E-state index is -0.228. The number of ether oxygens (including phenoxy) is 1. The first kappa shape index (κ1) is 19.2. The molecule has 0 amide bonds. The number of hydrogen-bond donors (Lipinski definition) is 2. The van der Waals surface area contributed by atoms with Crippen molar-refractivity contribution in [2.45, 2.75) is 12.6 Å². The molecule has 3 rings (SSSR count). The Morgan fingerprint density at radius 3 is 2.63 bits per heavy atom. The fourth-order valence-corrected chi connectivity index (χ4v) is 3.08. The number of morpholine rings is 1. The molecule has 2 heterocycles. The van der Waals surface area contributed by atoms with Crippen molar-refractivity contribution < 1.29 is 9.13 Å². The van der Waals surface area contributed by atoms with Gasteiger partial charge in [-0.2, -0.15) is 0 Å². The number of aromatic nitrogens is 3. The Balaban J connectivity index is 1.63. The first-order valence-electron chi connectivity index (χ1n) is 9.02. The second-order valence-corrected chi connectivity index (χ2v) is 6.38. The molecule has 0 saturated carbocycles. The molecule has 1 aliphatic rings. The zero-order valence-corrected chi connectivity index (χ0v) is 15.7. The van der Waals surface area contributed by atoms with Gasteiger partial charge in [0.2, 0.25) is 0 Å². The number of halogens is 1. The molecule has 1 aromatic carbocycles. The standard InChI is InChI=1S/C18H26FN7O/c1-20-18(22-12-17-24-23-13-25(17)2)21-11-16(26-7-9-27-10-8-26)14-3-5-15(19)6-4-14/h3-6,13,16H,7-12H2,1-2H3,(H2,20,21,22). The summed E-state index contributed by atoms with van der Waals surface area (Å²) in [7, 11) is 3.63. The summed E-state index contributed by atoms with van der Waals surface area (Å²) in [4.78, 5) is 6.62. The molecule has 27 heavy (non-hydrogen) atoms. The summed E-state index contributed by atoms with van der Waals surface area (Å²) in [5, 5.41) is 14.5. The third kappa shape index (κ3) is 5.24. The summed E-state index contributed by atoms with van der Waals surface area (Å²) >= 11 is 0. The Bertz CT molecular complexity index is 740. The van der Waals surface area contributed by atoms with Crippen LogP contribution in [0.25, 0.3) is 0 Å². The van der Waals surface area contributed by atoms with E-state index in [2.05, 4.69) is 30.7 Å². The van der Waals surface area contributed by atoms with Crippen molar-refractivity contribution in [2.24, 2.45) is 12.0 Å². The Morgan fingerprint density at radius 2 is 2.00 bits per heavy atom.